The van der Waals surface area contributed by atoms with Gasteiger partial charge in [-0.3, -0.25) is 14.9 Å². The summed E-state index contributed by atoms with van der Waals surface area (Å²) >= 11 is 0. The van der Waals surface area contributed by atoms with E-state index in [1.165, 1.54) is 12.8 Å². The first-order chi connectivity index (χ1) is 13.1. The fraction of sp³-hybridized carbons (Fsp3) is 0.450. The summed E-state index contributed by atoms with van der Waals surface area (Å²) in [5.41, 5.74) is 4.72. The quantitative estimate of drug-likeness (QED) is 0.700. The van der Waals surface area contributed by atoms with Gasteiger partial charge in [0.05, 0.1) is 28.7 Å². The lowest BCUT2D eigenvalue weighted by molar-refractivity contribution is 0.135. The zero-order chi connectivity index (χ0) is 18.8. The molecule has 1 aliphatic rings. The number of likely N-dealkylation sites (tertiary alicyclic amines) is 1. The molecule has 7 heteroatoms. The molecule has 3 aromatic heterocycles. The highest BCUT2D eigenvalue weighted by Gasteiger charge is 2.27. The standard InChI is InChI=1S/C20H24N6O/c1-13-10-17(24-20(23-13)19-14(2)25-27-15(19)3)18-6-4-5-9-26(18)12-16-11-21-7-8-22-16/h7-8,10-11,18H,4-6,9,12H2,1-3H3. The summed E-state index contributed by atoms with van der Waals surface area (Å²) in [5, 5.41) is 4.05. The third-order valence-corrected chi connectivity index (χ3v) is 5.07. The first-order valence-electron chi connectivity index (χ1n) is 9.39. The average Bonchev–Trinajstić information content (AvgIpc) is 3.01. The Hall–Kier alpha value is -2.67. The van der Waals surface area contributed by atoms with E-state index in [4.69, 9.17) is 9.51 Å². The lowest BCUT2D eigenvalue weighted by atomic mass is 9.98. The summed E-state index contributed by atoms with van der Waals surface area (Å²) < 4.78 is 5.32. The topological polar surface area (TPSA) is 80.8 Å². The second-order valence-corrected chi connectivity index (χ2v) is 7.14. The normalized spacial score (nSPS) is 18.0. The molecule has 1 aliphatic heterocycles. The Morgan fingerprint density at radius 1 is 1.15 bits per heavy atom. The van der Waals surface area contributed by atoms with E-state index >= 15 is 0 Å². The Kier molecular flexibility index (Phi) is 4.94. The number of nitrogens with zero attached hydrogens (tertiary/aromatic N) is 6. The van der Waals surface area contributed by atoms with Crippen molar-refractivity contribution in [1.82, 2.24) is 30.0 Å². The monoisotopic (exact) mass is 364 g/mol. The van der Waals surface area contributed by atoms with Crippen LogP contribution in [0, 0.1) is 20.8 Å². The number of rotatable bonds is 4. The van der Waals surface area contributed by atoms with Crippen molar-refractivity contribution in [3.8, 4) is 11.4 Å². The van der Waals surface area contributed by atoms with E-state index in [-0.39, 0.29) is 6.04 Å². The molecule has 0 aromatic carbocycles. The number of hydrogen-bond donors (Lipinski definition) is 0. The maximum atomic E-state index is 5.32. The van der Waals surface area contributed by atoms with Gasteiger partial charge in [-0.05, 0) is 46.2 Å². The molecule has 0 aliphatic carbocycles. The Balaban J connectivity index is 1.68. The minimum absolute atomic E-state index is 0.252. The van der Waals surface area contributed by atoms with Crippen molar-refractivity contribution in [2.24, 2.45) is 0 Å². The van der Waals surface area contributed by atoms with E-state index in [1.54, 1.807) is 12.4 Å². The second kappa shape index (κ2) is 7.52. The molecule has 4 heterocycles. The highest BCUT2D eigenvalue weighted by Crippen LogP contribution is 2.33. The van der Waals surface area contributed by atoms with E-state index in [9.17, 15) is 0 Å². The van der Waals surface area contributed by atoms with Gasteiger partial charge in [0, 0.05) is 30.8 Å². The summed E-state index contributed by atoms with van der Waals surface area (Å²) in [7, 11) is 0. The maximum absolute atomic E-state index is 5.32. The fourth-order valence-corrected chi connectivity index (χ4v) is 3.81. The first kappa shape index (κ1) is 17.7. The third kappa shape index (κ3) is 3.73. The van der Waals surface area contributed by atoms with Gasteiger partial charge in [0.1, 0.15) is 5.76 Å². The van der Waals surface area contributed by atoms with Gasteiger partial charge in [-0.25, -0.2) is 9.97 Å². The van der Waals surface area contributed by atoms with Gasteiger partial charge in [-0.15, -0.1) is 0 Å². The number of piperidine rings is 1. The van der Waals surface area contributed by atoms with E-state index in [0.717, 1.165) is 53.6 Å². The van der Waals surface area contributed by atoms with Crippen LogP contribution in [0.4, 0.5) is 0 Å². The lowest BCUT2D eigenvalue weighted by Gasteiger charge is -2.35. The lowest BCUT2D eigenvalue weighted by Crippen LogP contribution is -2.34. The third-order valence-electron chi connectivity index (χ3n) is 5.07. The smallest absolute Gasteiger partial charge is 0.165 e. The van der Waals surface area contributed by atoms with Crippen LogP contribution in [-0.2, 0) is 6.54 Å². The second-order valence-electron chi connectivity index (χ2n) is 7.14. The van der Waals surface area contributed by atoms with Gasteiger partial charge < -0.3 is 4.52 Å². The van der Waals surface area contributed by atoms with Crippen molar-refractivity contribution in [2.75, 3.05) is 6.54 Å². The molecule has 1 unspecified atom stereocenters. The zero-order valence-corrected chi connectivity index (χ0v) is 16.0. The highest BCUT2D eigenvalue weighted by molar-refractivity contribution is 5.60. The van der Waals surface area contributed by atoms with Crippen molar-refractivity contribution < 1.29 is 4.52 Å². The van der Waals surface area contributed by atoms with Crippen LogP contribution >= 0.6 is 0 Å². The maximum Gasteiger partial charge on any atom is 0.165 e. The number of aryl methyl sites for hydroxylation is 3. The molecule has 0 radical (unpaired) electrons. The van der Waals surface area contributed by atoms with Crippen LogP contribution in [-0.4, -0.2) is 36.5 Å². The molecule has 1 saturated heterocycles. The van der Waals surface area contributed by atoms with E-state index in [2.05, 4.69) is 31.1 Å². The molecule has 4 rings (SSSR count). The van der Waals surface area contributed by atoms with Crippen LogP contribution in [0.5, 0.6) is 0 Å². The predicted octanol–water partition coefficient (Wildman–Crippen LogP) is 3.57. The largest absolute Gasteiger partial charge is 0.361 e. The van der Waals surface area contributed by atoms with Gasteiger partial charge in [0.25, 0.3) is 0 Å². The summed E-state index contributed by atoms with van der Waals surface area (Å²) in [5.74, 6) is 1.45. The minimum Gasteiger partial charge on any atom is -0.361 e. The molecule has 7 nitrogen and oxygen atoms in total. The molecule has 3 aromatic rings. The van der Waals surface area contributed by atoms with Gasteiger partial charge in [-0.1, -0.05) is 11.6 Å². The Labute approximate surface area is 158 Å². The molecule has 1 atom stereocenters. The SMILES string of the molecule is Cc1cc(C2CCCCN2Cc2cnccn2)nc(-c2c(C)noc2C)n1. The van der Waals surface area contributed by atoms with Crippen LogP contribution in [0.3, 0.4) is 0 Å². The summed E-state index contributed by atoms with van der Waals surface area (Å²) in [6.07, 6.45) is 8.77. The van der Waals surface area contributed by atoms with Crippen LogP contribution in [0.25, 0.3) is 11.4 Å². The van der Waals surface area contributed by atoms with Crippen molar-refractivity contribution in [2.45, 2.75) is 52.6 Å². The van der Waals surface area contributed by atoms with Crippen molar-refractivity contribution in [1.29, 1.82) is 0 Å². The van der Waals surface area contributed by atoms with E-state index in [0.29, 0.717) is 5.82 Å². The summed E-state index contributed by atoms with van der Waals surface area (Å²) in [4.78, 5) is 20.7. The van der Waals surface area contributed by atoms with Gasteiger partial charge in [0.15, 0.2) is 5.82 Å². The van der Waals surface area contributed by atoms with Crippen molar-refractivity contribution in [3.63, 3.8) is 0 Å². The number of hydrogen-bond acceptors (Lipinski definition) is 7. The molecule has 0 amide bonds. The van der Waals surface area contributed by atoms with Crippen LogP contribution in [0.1, 0.15) is 53.8 Å². The molecular weight excluding hydrogens is 340 g/mol. The predicted molar refractivity (Wildman–Crippen MR) is 101 cm³/mol. The first-order valence-corrected chi connectivity index (χ1v) is 9.39. The summed E-state index contributed by atoms with van der Waals surface area (Å²) in [6.45, 7) is 7.66. The van der Waals surface area contributed by atoms with Crippen molar-refractivity contribution >= 4 is 0 Å². The van der Waals surface area contributed by atoms with E-state index in [1.807, 2.05) is 27.0 Å². The molecule has 0 spiro atoms. The van der Waals surface area contributed by atoms with Crippen molar-refractivity contribution in [3.05, 3.63) is 53.2 Å². The Morgan fingerprint density at radius 2 is 2.04 bits per heavy atom. The molecule has 27 heavy (non-hydrogen) atoms. The van der Waals surface area contributed by atoms with Gasteiger partial charge in [-0.2, -0.15) is 0 Å². The molecule has 0 saturated carbocycles. The highest BCUT2D eigenvalue weighted by atomic mass is 16.5. The Morgan fingerprint density at radius 3 is 2.78 bits per heavy atom. The fourth-order valence-electron chi connectivity index (χ4n) is 3.81. The molecule has 140 valence electrons. The summed E-state index contributed by atoms with van der Waals surface area (Å²) in [6, 6.07) is 2.35. The molecule has 0 N–H and O–H groups in total. The molecule has 1 fully saturated rings. The van der Waals surface area contributed by atoms with Crippen LogP contribution < -0.4 is 0 Å². The number of aromatic nitrogens is 5. The molecule has 0 bridgehead atoms. The van der Waals surface area contributed by atoms with E-state index < -0.39 is 0 Å². The Bertz CT molecular complexity index is 904. The average molecular weight is 364 g/mol. The van der Waals surface area contributed by atoms with Crippen LogP contribution in [0.2, 0.25) is 0 Å². The van der Waals surface area contributed by atoms with Gasteiger partial charge >= 0.3 is 0 Å². The molecular formula is C20H24N6O. The van der Waals surface area contributed by atoms with Gasteiger partial charge in [0.2, 0.25) is 0 Å². The minimum atomic E-state index is 0.252. The van der Waals surface area contributed by atoms with Crippen LogP contribution in [0.15, 0.2) is 29.2 Å². The zero-order valence-electron chi connectivity index (χ0n) is 16.0.